The number of anilines is 1. The lowest BCUT2D eigenvalue weighted by atomic mass is 9.89. The van der Waals surface area contributed by atoms with Crippen molar-refractivity contribution in [1.82, 2.24) is 4.90 Å². The van der Waals surface area contributed by atoms with Crippen molar-refractivity contribution in [3.05, 3.63) is 28.3 Å². The van der Waals surface area contributed by atoms with Crippen LogP contribution in [0.4, 0.5) is 11.4 Å². The zero-order chi connectivity index (χ0) is 18.7. The van der Waals surface area contributed by atoms with Crippen molar-refractivity contribution in [3.8, 4) is 0 Å². The topological polar surface area (TPSA) is 128 Å². The zero-order valence-corrected chi connectivity index (χ0v) is 15.3. The van der Waals surface area contributed by atoms with Crippen molar-refractivity contribution < 1.29 is 18.1 Å². The number of nitrogens with two attached hydrogens (primary N) is 1. The van der Waals surface area contributed by atoms with Crippen LogP contribution in [0.25, 0.3) is 0 Å². The maximum atomic E-state index is 11.4. The fourth-order valence-electron chi connectivity index (χ4n) is 3.71. The molecule has 1 aromatic rings. The number of sulfonamides is 1. The molecule has 0 bridgehead atoms. The van der Waals surface area contributed by atoms with Gasteiger partial charge in [0.05, 0.1) is 23.0 Å². The molecule has 1 aromatic carbocycles. The molecule has 26 heavy (non-hydrogen) atoms. The summed E-state index contributed by atoms with van der Waals surface area (Å²) in [5.41, 5.74) is 0.0593. The molecule has 144 valence electrons. The van der Waals surface area contributed by atoms with Gasteiger partial charge in [-0.3, -0.25) is 15.0 Å². The van der Waals surface area contributed by atoms with E-state index < -0.39 is 14.9 Å². The Morgan fingerprint density at radius 3 is 2.42 bits per heavy atom. The van der Waals surface area contributed by atoms with E-state index in [1.54, 1.807) is 0 Å². The average Bonchev–Trinajstić information content (AvgIpc) is 2.62. The molecule has 9 nitrogen and oxygen atoms in total. The van der Waals surface area contributed by atoms with Gasteiger partial charge in [-0.25, -0.2) is 13.6 Å². The largest absolute Gasteiger partial charge is 0.379 e. The van der Waals surface area contributed by atoms with E-state index in [1.165, 1.54) is 12.1 Å². The number of ether oxygens (including phenoxy) is 1. The van der Waals surface area contributed by atoms with Gasteiger partial charge in [0.2, 0.25) is 10.0 Å². The van der Waals surface area contributed by atoms with Crippen LogP contribution in [0.1, 0.15) is 25.7 Å². The lowest BCUT2D eigenvalue weighted by molar-refractivity contribution is -0.384. The third kappa shape index (κ3) is 4.50. The van der Waals surface area contributed by atoms with Crippen LogP contribution >= 0.6 is 0 Å². The number of nitro groups is 1. The van der Waals surface area contributed by atoms with Crippen molar-refractivity contribution >= 4 is 21.4 Å². The Balaban J connectivity index is 1.65. The van der Waals surface area contributed by atoms with Gasteiger partial charge in [-0.15, -0.1) is 0 Å². The first-order valence-corrected chi connectivity index (χ1v) is 10.3. The summed E-state index contributed by atoms with van der Waals surface area (Å²) in [7, 11) is -3.98. The van der Waals surface area contributed by atoms with E-state index in [-0.39, 0.29) is 16.6 Å². The van der Waals surface area contributed by atoms with Crippen LogP contribution in [0.2, 0.25) is 0 Å². The van der Waals surface area contributed by atoms with Gasteiger partial charge in [0.25, 0.3) is 5.69 Å². The molecule has 1 saturated carbocycles. The van der Waals surface area contributed by atoms with Crippen molar-refractivity contribution in [1.29, 1.82) is 0 Å². The molecule has 3 rings (SSSR count). The molecular weight excluding hydrogens is 360 g/mol. The van der Waals surface area contributed by atoms with E-state index in [1.807, 2.05) is 0 Å². The zero-order valence-electron chi connectivity index (χ0n) is 14.5. The highest BCUT2D eigenvalue weighted by Gasteiger charge is 2.28. The summed E-state index contributed by atoms with van der Waals surface area (Å²) < 4.78 is 28.2. The fraction of sp³-hybridized carbons (Fsp3) is 0.625. The van der Waals surface area contributed by atoms with Gasteiger partial charge >= 0.3 is 0 Å². The minimum atomic E-state index is -3.98. The summed E-state index contributed by atoms with van der Waals surface area (Å²) in [5.74, 6) is 0. The molecule has 0 atom stereocenters. The maximum Gasteiger partial charge on any atom is 0.293 e. The van der Waals surface area contributed by atoms with Crippen LogP contribution in [-0.4, -0.2) is 56.6 Å². The van der Waals surface area contributed by atoms with E-state index >= 15 is 0 Å². The SMILES string of the molecule is NS(=O)(=O)c1ccc(NC2CCC(N3CCOCC3)CC2)c([N+](=O)[O-])c1. The first-order valence-electron chi connectivity index (χ1n) is 8.74. The Labute approximate surface area is 152 Å². The number of nitrogens with zero attached hydrogens (tertiary/aromatic N) is 2. The normalized spacial score (nSPS) is 25.0. The molecule has 3 N–H and O–H groups in total. The smallest absolute Gasteiger partial charge is 0.293 e. The third-order valence-electron chi connectivity index (χ3n) is 5.11. The van der Waals surface area contributed by atoms with Crippen molar-refractivity contribution in [2.75, 3.05) is 31.6 Å². The lowest BCUT2D eigenvalue weighted by Crippen LogP contribution is -2.46. The molecule has 1 aliphatic carbocycles. The molecule has 1 heterocycles. The minimum absolute atomic E-state index is 0.131. The highest BCUT2D eigenvalue weighted by Crippen LogP contribution is 2.31. The van der Waals surface area contributed by atoms with Gasteiger partial charge in [0, 0.05) is 31.2 Å². The number of nitro benzene ring substituents is 1. The predicted molar refractivity (Wildman–Crippen MR) is 96.5 cm³/mol. The molecule has 1 saturated heterocycles. The number of hydrogen-bond acceptors (Lipinski definition) is 7. The average molecular weight is 384 g/mol. The van der Waals surface area contributed by atoms with E-state index in [9.17, 15) is 18.5 Å². The second-order valence-corrected chi connectivity index (χ2v) is 8.34. The first kappa shape index (κ1) is 19.0. The van der Waals surface area contributed by atoms with Crippen LogP contribution in [-0.2, 0) is 14.8 Å². The summed E-state index contributed by atoms with van der Waals surface area (Å²) in [6, 6.07) is 4.40. The molecule has 2 fully saturated rings. The summed E-state index contributed by atoms with van der Waals surface area (Å²) in [6.07, 6.45) is 3.88. The van der Waals surface area contributed by atoms with Crippen molar-refractivity contribution in [2.45, 2.75) is 42.7 Å². The summed E-state index contributed by atoms with van der Waals surface area (Å²) >= 11 is 0. The molecule has 0 spiro atoms. The van der Waals surface area contributed by atoms with Gasteiger partial charge in [0.15, 0.2) is 0 Å². The number of rotatable bonds is 5. The molecule has 2 aliphatic rings. The highest BCUT2D eigenvalue weighted by molar-refractivity contribution is 7.89. The number of primary sulfonamides is 1. The van der Waals surface area contributed by atoms with Crippen LogP contribution < -0.4 is 10.5 Å². The Morgan fingerprint density at radius 1 is 1.19 bits per heavy atom. The van der Waals surface area contributed by atoms with Crippen molar-refractivity contribution in [2.24, 2.45) is 5.14 Å². The monoisotopic (exact) mass is 384 g/mol. The molecular formula is C16H24N4O5S. The number of nitrogens with one attached hydrogen (secondary N) is 1. The van der Waals surface area contributed by atoms with Crippen LogP contribution in [0, 0.1) is 10.1 Å². The highest BCUT2D eigenvalue weighted by atomic mass is 32.2. The molecule has 0 radical (unpaired) electrons. The fourth-order valence-corrected chi connectivity index (χ4v) is 4.24. The third-order valence-corrected chi connectivity index (χ3v) is 6.02. The minimum Gasteiger partial charge on any atom is -0.379 e. The van der Waals surface area contributed by atoms with E-state index in [4.69, 9.17) is 9.88 Å². The number of hydrogen-bond donors (Lipinski definition) is 2. The molecule has 0 amide bonds. The van der Waals surface area contributed by atoms with Gasteiger partial charge in [-0.1, -0.05) is 0 Å². The summed E-state index contributed by atoms with van der Waals surface area (Å²) in [6.45, 7) is 3.48. The Kier molecular flexibility index (Phi) is 5.76. The second kappa shape index (κ2) is 7.87. The maximum absolute atomic E-state index is 11.4. The molecule has 0 aromatic heterocycles. The Bertz CT molecular complexity index is 756. The van der Waals surface area contributed by atoms with E-state index in [0.717, 1.165) is 58.1 Å². The quantitative estimate of drug-likeness (QED) is 0.578. The van der Waals surface area contributed by atoms with Gasteiger partial charge < -0.3 is 10.1 Å². The molecule has 0 unspecified atom stereocenters. The van der Waals surface area contributed by atoms with Gasteiger partial charge in [-0.2, -0.15) is 0 Å². The van der Waals surface area contributed by atoms with Gasteiger partial charge in [-0.05, 0) is 37.8 Å². The molecule has 1 aliphatic heterocycles. The van der Waals surface area contributed by atoms with Crippen LogP contribution in [0.5, 0.6) is 0 Å². The van der Waals surface area contributed by atoms with Crippen LogP contribution in [0.15, 0.2) is 23.1 Å². The number of morpholine rings is 1. The predicted octanol–water partition coefficient (Wildman–Crippen LogP) is 1.30. The Morgan fingerprint density at radius 2 is 1.85 bits per heavy atom. The summed E-state index contributed by atoms with van der Waals surface area (Å²) in [5, 5.41) is 19.6. The number of benzene rings is 1. The Hall–Kier alpha value is -1.75. The van der Waals surface area contributed by atoms with E-state index in [2.05, 4.69) is 10.2 Å². The van der Waals surface area contributed by atoms with Crippen molar-refractivity contribution in [3.63, 3.8) is 0 Å². The lowest BCUT2D eigenvalue weighted by Gasteiger charge is -2.39. The van der Waals surface area contributed by atoms with Gasteiger partial charge in [0.1, 0.15) is 5.69 Å². The summed E-state index contributed by atoms with van der Waals surface area (Å²) in [4.78, 5) is 12.9. The standard InChI is InChI=1S/C16H24N4O5S/c17-26(23,24)14-5-6-15(16(11-14)20(21)22)18-12-1-3-13(4-2-12)19-7-9-25-10-8-19/h5-6,11-13,18H,1-4,7-10H2,(H2,17,23,24). The first-order chi connectivity index (χ1) is 12.3. The van der Waals surface area contributed by atoms with E-state index in [0.29, 0.717) is 11.7 Å². The molecule has 10 heteroatoms. The second-order valence-electron chi connectivity index (χ2n) is 6.78. The van der Waals surface area contributed by atoms with Crippen LogP contribution in [0.3, 0.4) is 0 Å².